The summed E-state index contributed by atoms with van der Waals surface area (Å²) in [5, 5.41) is 0.429. The van der Waals surface area contributed by atoms with Crippen LogP contribution in [0.3, 0.4) is 0 Å². The first-order valence-electron chi connectivity index (χ1n) is 6.59. The topological polar surface area (TPSA) is 3.24 Å². The first-order chi connectivity index (χ1) is 7.22. The Morgan fingerprint density at radius 3 is 2.60 bits per heavy atom. The SMILES string of the molecule is CC1CN(CC2CC3CC3C2)CCC1Cl. The van der Waals surface area contributed by atoms with Crippen LogP contribution in [0.5, 0.6) is 0 Å². The molecule has 0 spiro atoms. The van der Waals surface area contributed by atoms with E-state index >= 15 is 0 Å². The van der Waals surface area contributed by atoms with Crippen molar-refractivity contribution in [1.82, 2.24) is 4.90 Å². The third-order valence-electron chi connectivity index (χ3n) is 4.74. The first kappa shape index (κ1) is 10.4. The molecule has 86 valence electrons. The highest BCUT2D eigenvalue weighted by Gasteiger charge is 2.46. The molecule has 1 saturated heterocycles. The van der Waals surface area contributed by atoms with Crippen molar-refractivity contribution in [2.24, 2.45) is 23.7 Å². The highest BCUT2D eigenvalue weighted by atomic mass is 35.5. The number of hydrogen-bond acceptors (Lipinski definition) is 1. The van der Waals surface area contributed by atoms with Gasteiger partial charge in [-0.05, 0) is 55.9 Å². The smallest absolute Gasteiger partial charge is 0.0386 e. The van der Waals surface area contributed by atoms with Gasteiger partial charge in [-0.25, -0.2) is 0 Å². The summed E-state index contributed by atoms with van der Waals surface area (Å²) in [5.41, 5.74) is 0. The summed E-state index contributed by atoms with van der Waals surface area (Å²) in [5.74, 6) is 3.99. The fourth-order valence-electron chi connectivity index (χ4n) is 3.72. The number of alkyl halides is 1. The Bertz CT molecular complexity index is 233. The number of hydrogen-bond donors (Lipinski definition) is 0. The Kier molecular flexibility index (Phi) is 2.72. The van der Waals surface area contributed by atoms with E-state index in [1.165, 1.54) is 38.9 Å². The average molecular weight is 228 g/mol. The zero-order valence-electron chi connectivity index (χ0n) is 9.66. The van der Waals surface area contributed by atoms with Crippen LogP contribution >= 0.6 is 11.6 Å². The van der Waals surface area contributed by atoms with E-state index in [4.69, 9.17) is 11.6 Å². The van der Waals surface area contributed by atoms with Crippen molar-refractivity contribution in [3.8, 4) is 0 Å². The van der Waals surface area contributed by atoms with Gasteiger partial charge in [-0.2, -0.15) is 0 Å². The fraction of sp³-hybridized carbons (Fsp3) is 1.00. The highest BCUT2D eigenvalue weighted by Crippen LogP contribution is 2.54. The van der Waals surface area contributed by atoms with Gasteiger partial charge >= 0.3 is 0 Å². The van der Waals surface area contributed by atoms with Crippen LogP contribution in [-0.4, -0.2) is 29.9 Å². The maximum absolute atomic E-state index is 6.25. The molecule has 15 heavy (non-hydrogen) atoms. The molecule has 4 unspecified atom stereocenters. The predicted molar refractivity (Wildman–Crippen MR) is 64.2 cm³/mol. The lowest BCUT2D eigenvalue weighted by Crippen LogP contribution is -2.42. The van der Waals surface area contributed by atoms with Crippen LogP contribution in [-0.2, 0) is 0 Å². The van der Waals surface area contributed by atoms with Gasteiger partial charge in [0.2, 0.25) is 0 Å². The van der Waals surface area contributed by atoms with Gasteiger partial charge in [-0.1, -0.05) is 6.92 Å². The van der Waals surface area contributed by atoms with Gasteiger partial charge in [0.1, 0.15) is 0 Å². The Hall–Kier alpha value is 0.250. The first-order valence-corrected chi connectivity index (χ1v) is 7.02. The minimum Gasteiger partial charge on any atom is -0.303 e. The van der Waals surface area contributed by atoms with Crippen LogP contribution < -0.4 is 0 Å². The van der Waals surface area contributed by atoms with Gasteiger partial charge in [-0.15, -0.1) is 11.6 Å². The summed E-state index contributed by atoms with van der Waals surface area (Å²) in [6.07, 6.45) is 5.80. The molecule has 3 rings (SSSR count). The molecule has 0 amide bonds. The normalized spacial score (nSPS) is 50.4. The summed E-state index contributed by atoms with van der Waals surface area (Å²) in [7, 11) is 0. The predicted octanol–water partition coefficient (Wildman–Crippen LogP) is 2.98. The molecule has 1 aliphatic heterocycles. The molecule has 0 aromatic heterocycles. The van der Waals surface area contributed by atoms with Gasteiger partial charge < -0.3 is 4.90 Å². The number of piperidine rings is 1. The second kappa shape index (κ2) is 3.92. The molecule has 3 fully saturated rings. The Labute approximate surface area is 98.2 Å². The lowest BCUT2D eigenvalue weighted by Gasteiger charge is -2.35. The van der Waals surface area contributed by atoms with Crippen LogP contribution in [0.4, 0.5) is 0 Å². The van der Waals surface area contributed by atoms with Crippen LogP contribution in [0.1, 0.15) is 32.6 Å². The van der Waals surface area contributed by atoms with E-state index in [-0.39, 0.29) is 0 Å². The van der Waals surface area contributed by atoms with E-state index in [1.807, 2.05) is 0 Å². The zero-order chi connectivity index (χ0) is 10.4. The molecule has 3 aliphatic rings. The fourth-order valence-corrected chi connectivity index (χ4v) is 3.90. The number of halogens is 1. The molecule has 1 nitrogen and oxygen atoms in total. The van der Waals surface area contributed by atoms with Crippen LogP contribution in [0.25, 0.3) is 0 Å². The molecule has 0 aromatic rings. The number of fused-ring (bicyclic) bond motifs is 1. The molecule has 0 bridgehead atoms. The Balaban J connectivity index is 1.47. The highest BCUT2D eigenvalue weighted by molar-refractivity contribution is 6.20. The van der Waals surface area contributed by atoms with E-state index in [2.05, 4.69) is 11.8 Å². The van der Waals surface area contributed by atoms with Crippen molar-refractivity contribution in [3.05, 3.63) is 0 Å². The van der Waals surface area contributed by atoms with Crippen LogP contribution in [0.15, 0.2) is 0 Å². The largest absolute Gasteiger partial charge is 0.303 e. The molecule has 2 heteroatoms. The van der Waals surface area contributed by atoms with Crippen molar-refractivity contribution in [2.45, 2.75) is 38.0 Å². The molecular formula is C13H22ClN. The van der Waals surface area contributed by atoms with E-state index in [1.54, 1.807) is 6.42 Å². The van der Waals surface area contributed by atoms with E-state index in [0.717, 1.165) is 17.8 Å². The summed E-state index contributed by atoms with van der Waals surface area (Å²) in [6.45, 7) is 6.14. The Morgan fingerprint density at radius 1 is 1.20 bits per heavy atom. The third kappa shape index (κ3) is 2.19. The number of likely N-dealkylation sites (tertiary alicyclic amines) is 1. The summed E-state index contributed by atoms with van der Waals surface area (Å²) < 4.78 is 0. The lowest BCUT2D eigenvalue weighted by atomic mass is 9.96. The van der Waals surface area contributed by atoms with Crippen LogP contribution in [0, 0.1) is 23.7 Å². The average Bonchev–Trinajstić information content (AvgIpc) is 2.81. The van der Waals surface area contributed by atoms with Crippen molar-refractivity contribution in [3.63, 3.8) is 0 Å². The van der Waals surface area contributed by atoms with Gasteiger partial charge in [0.05, 0.1) is 0 Å². The molecule has 2 aliphatic carbocycles. The minimum atomic E-state index is 0.429. The minimum absolute atomic E-state index is 0.429. The quantitative estimate of drug-likeness (QED) is 0.656. The van der Waals surface area contributed by atoms with E-state index < -0.39 is 0 Å². The molecule has 0 N–H and O–H groups in total. The number of rotatable bonds is 2. The van der Waals surface area contributed by atoms with E-state index in [9.17, 15) is 0 Å². The molecule has 2 saturated carbocycles. The molecule has 0 radical (unpaired) electrons. The maximum Gasteiger partial charge on any atom is 0.0386 e. The molecule has 1 heterocycles. The van der Waals surface area contributed by atoms with Crippen molar-refractivity contribution in [1.29, 1.82) is 0 Å². The van der Waals surface area contributed by atoms with Gasteiger partial charge in [0, 0.05) is 18.5 Å². The molecular weight excluding hydrogens is 206 g/mol. The van der Waals surface area contributed by atoms with Crippen LogP contribution in [0.2, 0.25) is 0 Å². The summed E-state index contributed by atoms with van der Waals surface area (Å²) in [4.78, 5) is 2.67. The van der Waals surface area contributed by atoms with E-state index in [0.29, 0.717) is 11.3 Å². The Morgan fingerprint density at radius 2 is 1.93 bits per heavy atom. The monoisotopic (exact) mass is 227 g/mol. The molecule has 4 atom stereocenters. The molecule has 0 aromatic carbocycles. The second-order valence-corrected chi connectivity index (χ2v) is 6.70. The third-order valence-corrected chi connectivity index (χ3v) is 5.39. The van der Waals surface area contributed by atoms with Gasteiger partial charge in [0.25, 0.3) is 0 Å². The van der Waals surface area contributed by atoms with Crippen molar-refractivity contribution in [2.75, 3.05) is 19.6 Å². The van der Waals surface area contributed by atoms with Gasteiger partial charge in [0.15, 0.2) is 0 Å². The summed E-state index contributed by atoms with van der Waals surface area (Å²) >= 11 is 6.25. The number of nitrogens with zero attached hydrogens (tertiary/aromatic N) is 1. The maximum atomic E-state index is 6.25. The second-order valence-electron chi connectivity index (χ2n) is 6.13. The summed E-state index contributed by atoms with van der Waals surface area (Å²) in [6, 6.07) is 0. The van der Waals surface area contributed by atoms with Gasteiger partial charge in [-0.3, -0.25) is 0 Å². The van der Waals surface area contributed by atoms with Crippen molar-refractivity contribution < 1.29 is 0 Å². The zero-order valence-corrected chi connectivity index (χ0v) is 10.4. The standard InChI is InChI=1S/C13H22ClN/c1-9-7-15(3-2-13(9)14)8-10-4-11-6-12(11)5-10/h9-13H,2-8H2,1H3. The lowest BCUT2D eigenvalue weighted by molar-refractivity contribution is 0.159. The van der Waals surface area contributed by atoms with Crippen molar-refractivity contribution >= 4 is 11.6 Å².